The van der Waals surface area contributed by atoms with Crippen molar-refractivity contribution in [2.45, 2.75) is 26.3 Å². The van der Waals surface area contributed by atoms with Crippen molar-refractivity contribution in [2.75, 3.05) is 7.05 Å². The van der Waals surface area contributed by atoms with Gasteiger partial charge in [0, 0.05) is 24.2 Å². The van der Waals surface area contributed by atoms with E-state index in [-0.39, 0.29) is 28.7 Å². The Balaban J connectivity index is 2.05. The second-order valence-corrected chi connectivity index (χ2v) is 5.77. The standard InChI is InChI=1S/C17H18FN5O2/c1-10(19-3)8-15-20-17(25-22-15)16-14(24)9-11(2)23(21-16)13-7-5-4-6-12(13)18/h4-7,9-10,19H,8H2,1-3H3. The lowest BCUT2D eigenvalue weighted by Crippen LogP contribution is -2.24. The minimum atomic E-state index is -0.443. The normalized spacial score (nSPS) is 12.3. The van der Waals surface area contributed by atoms with Crippen LogP contribution in [0.1, 0.15) is 18.4 Å². The highest BCUT2D eigenvalue weighted by molar-refractivity contribution is 5.47. The summed E-state index contributed by atoms with van der Waals surface area (Å²) in [5.74, 6) is 0.0474. The van der Waals surface area contributed by atoms with Crippen LogP contribution in [0.3, 0.4) is 0 Å². The van der Waals surface area contributed by atoms with Crippen molar-refractivity contribution in [3.63, 3.8) is 0 Å². The number of halogens is 1. The lowest BCUT2D eigenvalue weighted by molar-refractivity contribution is 0.416. The summed E-state index contributed by atoms with van der Waals surface area (Å²) in [5.41, 5.74) is 0.374. The van der Waals surface area contributed by atoms with Gasteiger partial charge in [0.05, 0.1) is 0 Å². The van der Waals surface area contributed by atoms with Crippen LogP contribution in [0.15, 0.2) is 39.6 Å². The number of hydrogen-bond acceptors (Lipinski definition) is 6. The number of para-hydroxylation sites is 1. The topological polar surface area (TPSA) is 85.8 Å². The molecule has 0 saturated heterocycles. The highest BCUT2D eigenvalue weighted by Gasteiger charge is 2.18. The van der Waals surface area contributed by atoms with Gasteiger partial charge in [0.25, 0.3) is 5.89 Å². The van der Waals surface area contributed by atoms with E-state index < -0.39 is 5.82 Å². The minimum Gasteiger partial charge on any atom is -0.332 e. The van der Waals surface area contributed by atoms with Crippen LogP contribution in [0.2, 0.25) is 0 Å². The number of nitrogens with zero attached hydrogens (tertiary/aromatic N) is 4. The van der Waals surface area contributed by atoms with Crippen molar-refractivity contribution in [3.05, 3.63) is 57.9 Å². The largest absolute Gasteiger partial charge is 0.332 e. The van der Waals surface area contributed by atoms with Crippen molar-refractivity contribution in [3.8, 4) is 17.3 Å². The van der Waals surface area contributed by atoms with Crippen LogP contribution in [0.4, 0.5) is 4.39 Å². The van der Waals surface area contributed by atoms with Gasteiger partial charge in [-0.05, 0) is 33.0 Å². The minimum absolute atomic E-state index is 0.00952. The molecule has 1 aromatic carbocycles. The fourth-order valence-electron chi connectivity index (χ4n) is 2.37. The molecule has 0 spiro atoms. The monoisotopic (exact) mass is 343 g/mol. The molecule has 7 nitrogen and oxygen atoms in total. The number of benzene rings is 1. The molecule has 0 amide bonds. The van der Waals surface area contributed by atoms with Crippen LogP contribution in [0.5, 0.6) is 0 Å². The zero-order chi connectivity index (χ0) is 18.0. The van der Waals surface area contributed by atoms with E-state index in [1.807, 2.05) is 14.0 Å². The summed E-state index contributed by atoms with van der Waals surface area (Å²) in [4.78, 5) is 16.5. The number of hydrogen-bond donors (Lipinski definition) is 1. The van der Waals surface area contributed by atoms with Crippen LogP contribution in [0, 0.1) is 12.7 Å². The van der Waals surface area contributed by atoms with E-state index in [0.29, 0.717) is 17.9 Å². The molecule has 0 saturated carbocycles. The maximum Gasteiger partial charge on any atom is 0.282 e. The third kappa shape index (κ3) is 3.48. The highest BCUT2D eigenvalue weighted by Crippen LogP contribution is 2.16. The molecule has 1 unspecified atom stereocenters. The Morgan fingerprint density at radius 1 is 1.36 bits per heavy atom. The molecule has 1 N–H and O–H groups in total. The molecule has 130 valence electrons. The summed E-state index contributed by atoms with van der Waals surface area (Å²) in [6, 6.07) is 7.72. The van der Waals surface area contributed by atoms with Gasteiger partial charge < -0.3 is 9.84 Å². The zero-order valence-electron chi connectivity index (χ0n) is 14.2. The maximum absolute atomic E-state index is 14.1. The Labute approximate surface area is 143 Å². The number of aromatic nitrogens is 4. The Morgan fingerprint density at radius 2 is 2.12 bits per heavy atom. The lowest BCUT2D eigenvalue weighted by atomic mass is 10.2. The predicted molar refractivity (Wildman–Crippen MR) is 90.0 cm³/mol. The summed E-state index contributed by atoms with van der Waals surface area (Å²) in [7, 11) is 1.83. The van der Waals surface area contributed by atoms with Crippen LogP contribution < -0.4 is 10.7 Å². The fraction of sp³-hybridized carbons (Fsp3) is 0.294. The van der Waals surface area contributed by atoms with Gasteiger partial charge in [-0.1, -0.05) is 17.3 Å². The third-order valence-corrected chi connectivity index (χ3v) is 3.84. The van der Waals surface area contributed by atoms with Gasteiger partial charge in [0.2, 0.25) is 5.43 Å². The molecular formula is C17H18FN5O2. The average Bonchev–Trinajstić information content (AvgIpc) is 3.04. The quantitative estimate of drug-likeness (QED) is 0.761. The van der Waals surface area contributed by atoms with Crippen LogP contribution in [0.25, 0.3) is 17.3 Å². The Bertz CT molecular complexity index is 950. The molecule has 0 aliphatic rings. The molecular weight excluding hydrogens is 325 g/mol. The summed E-state index contributed by atoms with van der Waals surface area (Å²) in [6.07, 6.45) is 0.549. The fourth-order valence-corrected chi connectivity index (χ4v) is 2.37. The van der Waals surface area contributed by atoms with E-state index in [1.54, 1.807) is 25.1 Å². The van der Waals surface area contributed by atoms with Crippen molar-refractivity contribution in [2.24, 2.45) is 0 Å². The van der Waals surface area contributed by atoms with E-state index in [2.05, 4.69) is 20.6 Å². The smallest absolute Gasteiger partial charge is 0.282 e. The second-order valence-electron chi connectivity index (χ2n) is 5.77. The van der Waals surface area contributed by atoms with E-state index in [0.717, 1.165) is 0 Å². The van der Waals surface area contributed by atoms with E-state index in [9.17, 15) is 9.18 Å². The molecule has 3 aromatic rings. The summed E-state index contributed by atoms with van der Waals surface area (Å²) in [6.45, 7) is 3.66. The Morgan fingerprint density at radius 3 is 2.84 bits per heavy atom. The van der Waals surface area contributed by atoms with Gasteiger partial charge >= 0.3 is 0 Å². The first kappa shape index (κ1) is 17.0. The number of likely N-dealkylation sites (N-methyl/N-ethyl adjacent to an activating group) is 1. The van der Waals surface area contributed by atoms with E-state index in [4.69, 9.17) is 4.52 Å². The number of rotatable bonds is 5. The number of nitrogens with one attached hydrogen (secondary N) is 1. The predicted octanol–water partition coefficient (Wildman–Crippen LogP) is 1.88. The van der Waals surface area contributed by atoms with Gasteiger partial charge in [-0.2, -0.15) is 10.1 Å². The maximum atomic E-state index is 14.1. The van der Waals surface area contributed by atoms with Crippen LogP contribution in [-0.2, 0) is 6.42 Å². The third-order valence-electron chi connectivity index (χ3n) is 3.84. The van der Waals surface area contributed by atoms with Gasteiger partial charge in [-0.25, -0.2) is 9.07 Å². The molecule has 2 aromatic heterocycles. The van der Waals surface area contributed by atoms with Crippen molar-refractivity contribution < 1.29 is 8.91 Å². The summed E-state index contributed by atoms with van der Waals surface area (Å²) < 4.78 is 20.6. The molecule has 8 heteroatoms. The van der Waals surface area contributed by atoms with Gasteiger partial charge in [-0.3, -0.25) is 4.79 Å². The second kappa shape index (κ2) is 6.94. The molecule has 0 radical (unpaired) electrons. The first-order valence-electron chi connectivity index (χ1n) is 7.85. The van der Waals surface area contributed by atoms with E-state index in [1.165, 1.54) is 16.8 Å². The van der Waals surface area contributed by atoms with Crippen LogP contribution >= 0.6 is 0 Å². The van der Waals surface area contributed by atoms with Crippen LogP contribution in [-0.4, -0.2) is 33.0 Å². The van der Waals surface area contributed by atoms with Crippen molar-refractivity contribution in [1.82, 2.24) is 25.2 Å². The average molecular weight is 343 g/mol. The SMILES string of the molecule is CNC(C)Cc1noc(-c2nn(-c3ccccc3F)c(C)cc2=O)n1. The summed E-state index contributed by atoms with van der Waals surface area (Å²) >= 11 is 0. The Hall–Kier alpha value is -2.87. The Kier molecular flexibility index (Phi) is 4.71. The van der Waals surface area contributed by atoms with Gasteiger partial charge in [0.1, 0.15) is 11.5 Å². The molecule has 0 aliphatic carbocycles. The number of aryl methyl sites for hydroxylation is 1. The molecule has 2 heterocycles. The molecule has 3 rings (SSSR count). The van der Waals surface area contributed by atoms with E-state index >= 15 is 0 Å². The molecule has 0 aliphatic heterocycles. The molecule has 1 atom stereocenters. The highest BCUT2D eigenvalue weighted by atomic mass is 19.1. The first-order valence-corrected chi connectivity index (χ1v) is 7.85. The molecule has 0 bridgehead atoms. The first-order chi connectivity index (χ1) is 12.0. The van der Waals surface area contributed by atoms with Gasteiger partial charge in [0.15, 0.2) is 11.5 Å². The summed E-state index contributed by atoms with van der Waals surface area (Å²) in [5, 5.41) is 11.2. The van der Waals surface area contributed by atoms with Crippen molar-refractivity contribution in [1.29, 1.82) is 0 Å². The molecule has 0 fully saturated rings. The molecule has 25 heavy (non-hydrogen) atoms. The van der Waals surface area contributed by atoms with Crippen molar-refractivity contribution >= 4 is 0 Å². The zero-order valence-corrected chi connectivity index (χ0v) is 14.2. The lowest BCUT2D eigenvalue weighted by Gasteiger charge is -2.10. The van der Waals surface area contributed by atoms with Gasteiger partial charge in [-0.15, -0.1) is 0 Å².